The highest BCUT2D eigenvalue weighted by molar-refractivity contribution is 6.39. The number of carbonyl (C=O) groups excluding carboxylic acids is 2. The van der Waals surface area contributed by atoms with Crippen LogP contribution in [0.3, 0.4) is 0 Å². The normalized spacial score (nSPS) is 14.0. The van der Waals surface area contributed by atoms with Gasteiger partial charge in [0.15, 0.2) is 0 Å². The lowest BCUT2D eigenvalue weighted by molar-refractivity contribution is -0.121. The molecule has 6 heteroatoms. The van der Waals surface area contributed by atoms with Crippen LogP contribution in [-0.2, 0) is 16.0 Å². The molecule has 0 spiro atoms. The highest BCUT2D eigenvalue weighted by Crippen LogP contribution is 2.19. The van der Waals surface area contributed by atoms with Gasteiger partial charge in [0.2, 0.25) is 5.91 Å². The molecule has 0 saturated carbocycles. The van der Waals surface area contributed by atoms with Crippen molar-refractivity contribution in [1.29, 1.82) is 0 Å². The molecule has 0 atom stereocenters. The molecule has 0 saturated heterocycles. The highest BCUT2D eigenvalue weighted by atomic mass is 16.5. The van der Waals surface area contributed by atoms with E-state index < -0.39 is 0 Å². The number of nitrogens with zero attached hydrogens (tertiary/aromatic N) is 1. The van der Waals surface area contributed by atoms with Crippen LogP contribution < -0.4 is 15.5 Å². The number of methoxy groups -OCH3 is 1. The summed E-state index contributed by atoms with van der Waals surface area (Å²) in [7, 11) is 1.67. The first-order chi connectivity index (χ1) is 10.7. The van der Waals surface area contributed by atoms with Gasteiger partial charge in [0.1, 0.15) is 11.5 Å². The summed E-state index contributed by atoms with van der Waals surface area (Å²) in [6, 6.07) is 7.95. The summed E-state index contributed by atoms with van der Waals surface area (Å²) in [4.78, 5) is 22.8. The number of rotatable bonds is 7. The Balaban J connectivity index is 1.67. The fourth-order valence-corrected chi connectivity index (χ4v) is 2.29. The number of hydrogen-bond acceptors (Lipinski definition) is 4. The van der Waals surface area contributed by atoms with Crippen molar-refractivity contribution in [2.45, 2.75) is 32.1 Å². The molecule has 0 bridgehead atoms. The van der Waals surface area contributed by atoms with E-state index in [2.05, 4.69) is 21.9 Å². The monoisotopic (exact) mass is 303 g/mol. The van der Waals surface area contributed by atoms with Gasteiger partial charge in [-0.1, -0.05) is 18.2 Å². The summed E-state index contributed by atoms with van der Waals surface area (Å²) in [6.45, 7) is 0.598. The number of hydrazone groups is 1. The number of ether oxygens (including phenoxy) is 1. The molecule has 1 aliphatic heterocycles. The van der Waals surface area contributed by atoms with Crippen molar-refractivity contribution in [2.24, 2.45) is 5.10 Å². The summed E-state index contributed by atoms with van der Waals surface area (Å²) in [5.74, 6) is 0.560. The molecular weight excluding hydrogens is 282 g/mol. The summed E-state index contributed by atoms with van der Waals surface area (Å²) >= 11 is 0. The largest absolute Gasteiger partial charge is 0.496 e. The Morgan fingerprint density at radius 3 is 2.86 bits per heavy atom. The van der Waals surface area contributed by atoms with Gasteiger partial charge in [-0.2, -0.15) is 5.10 Å². The lowest BCUT2D eigenvalue weighted by Crippen LogP contribution is -2.37. The van der Waals surface area contributed by atoms with Gasteiger partial charge in [-0.3, -0.25) is 9.59 Å². The SMILES string of the molecule is COc1ccccc1CCCCNC(=O)C1=NNC(=O)CC1. The van der Waals surface area contributed by atoms with Crippen LogP contribution >= 0.6 is 0 Å². The molecule has 2 N–H and O–H groups in total. The number of carbonyl (C=O) groups is 2. The van der Waals surface area contributed by atoms with Gasteiger partial charge in [0, 0.05) is 19.4 Å². The maximum atomic E-state index is 11.8. The van der Waals surface area contributed by atoms with E-state index in [4.69, 9.17) is 4.74 Å². The fourth-order valence-electron chi connectivity index (χ4n) is 2.29. The number of para-hydroxylation sites is 1. The topological polar surface area (TPSA) is 79.8 Å². The molecule has 1 aliphatic rings. The second-order valence-electron chi connectivity index (χ2n) is 5.12. The number of amides is 2. The Bertz CT molecular complexity index is 570. The first-order valence-electron chi connectivity index (χ1n) is 7.46. The van der Waals surface area contributed by atoms with Crippen molar-refractivity contribution in [1.82, 2.24) is 10.7 Å². The Kier molecular flexibility index (Phi) is 5.94. The first-order valence-corrected chi connectivity index (χ1v) is 7.46. The highest BCUT2D eigenvalue weighted by Gasteiger charge is 2.17. The summed E-state index contributed by atoms with van der Waals surface area (Å²) in [5.41, 5.74) is 3.89. The Hall–Kier alpha value is -2.37. The van der Waals surface area contributed by atoms with E-state index in [1.807, 2.05) is 18.2 Å². The average molecular weight is 303 g/mol. The second-order valence-corrected chi connectivity index (χ2v) is 5.12. The molecule has 1 heterocycles. The Labute approximate surface area is 129 Å². The van der Waals surface area contributed by atoms with E-state index in [9.17, 15) is 9.59 Å². The lowest BCUT2D eigenvalue weighted by Gasteiger charge is -2.12. The predicted octanol–water partition coefficient (Wildman–Crippen LogP) is 1.40. The van der Waals surface area contributed by atoms with Gasteiger partial charge in [-0.25, -0.2) is 5.43 Å². The zero-order valence-corrected chi connectivity index (χ0v) is 12.7. The molecule has 2 amide bonds. The van der Waals surface area contributed by atoms with Crippen LogP contribution in [-0.4, -0.2) is 31.2 Å². The van der Waals surface area contributed by atoms with Crippen molar-refractivity contribution in [3.05, 3.63) is 29.8 Å². The van der Waals surface area contributed by atoms with E-state index in [0.29, 0.717) is 25.1 Å². The van der Waals surface area contributed by atoms with Crippen LogP contribution in [0, 0.1) is 0 Å². The predicted molar refractivity (Wildman–Crippen MR) is 83.8 cm³/mol. The summed E-state index contributed by atoms with van der Waals surface area (Å²) in [5, 5.41) is 6.60. The maximum Gasteiger partial charge on any atom is 0.267 e. The molecule has 0 radical (unpaired) electrons. The fraction of sp³-hybridized carbons (Fsp3) is 0.438. The maximum absolute atomic E-state index is 11.8. The molecule has 1 aromatic carbocycles. The van der Waals surface area contributed by atoms with Crippen LogP contribution in [0.5, 0.6) is 5.75 Å². The minimum Gasteiger partial charge on any atom is -0.496 e. The van der Waals surface area contributed by atoms with Gasteiger partial charge >= 0.3 is 0 Å². The number of unbranched alkanes of at least 4 members (excludes halogenated alkanes) is 1. The zero-order chi connectivity index (χ0) is 15.8. The van der Waals surface area contributed by atoms with Crippen molar-refractivity contribution in [3.63, 3.8) is 0 Å². The second kappa shape index (κ2) is 8.17. The third-order valence-electron chi connectivity index (χ3n) is 3.52. The minimum atomic E-state index is -0.197. The zero-order valence-electron chi connectivity index (χ0n) is 12.7. The van der Waals surface area contributed by atoms with E-state index in [1.165, 1.54) is 5.56 Å². The number of benzene rings is 1. The molecule has 0 fully saturated rings. The van der Waals surface area contributed by atoms with E-state index in [-0.39, 0.29) is 11.8 Å². The van der Waals surface area contributed by atoms with E-state index in [0.717, 1.165) is 25.0 Å². The number of nitrogens with one attached hydrogen (secondary N) is 2. The third kappa shape index (κ3) is 4.58. The average Bonchev–Trinajstić information content (AvgIpc) is 2.55. The molecule has 0 aromatic heterocycles. The van der Waals surface area contributed by atoms with Gasteiger partial charge in [-0.15, -0.1) is 0 Å². The van der Waals surface area contributed by atoms with Crippen molar-refractivity contribution >= 4 is 17.5 Å². The molecule has 6 nitrogen and oxygen atoms in total. The molecule has 2 rings (SSSR count). The van der Waals surface area contributed by atoms with Crippen LogP contribution in [0.1, 0.15) is 31.2 Å². The molecule has 1 aromatic rings. The lowest BCUT2D eigenvalue weighted by atomic mass is 10.1. The molecule has 118 valence electrons. The van der Waals surface area contributed by atoms with E-state index >= 15 is 0 Å². The van der Waals surface area contributed by atoms with Crippen molar-refractivity contribution in [2.75, 3.05) is 13.7 Å². The minimum absolute atomic E-state index is 0.145. The Morgan fingerprint density at radius 1 is 1.32 bits per heavy atom. The molecule has 0 unspecified atom stereocenters. The van der Waals surface area contributed by atoms with Crippen LogP contribution in [0.25, 0.3) is 0 Å². The molecular formula is C16H21N3O3. The number of hydrogen-bond donors (Lipinski definition) is 2. The van der Waals surface area contributed by atoms with Gasteiger partial charge in [0.25, 0.3) is 5.91 Å². The van der Waals surface area contributed by atoms with Gasteiger partial charge in [-0.05, 0) is 30.9 Å². The first kappa shape index (κ1) is 16.0. The number of aryl methyl sites for hydroxylation is 1. The van der Waals surface area contributed by atoms with Gasteiger partial charge < -0.3 is 10.1 Å². The van der Waals surface area contributed by atoms with Crippen molar-refractivity contribution in [3.8, 4) is 5.75 Å². The smallest absolute Gasteiger partial charge is 0.267 e. The van der Waals surface area contributed by atoms with Crippen molar-refractivity contribution < 1.29 is 14.3 Å². The molecule has 22 heavy (non-hydrogen) atoms. The summed E-state index contributed by atoms with van der Waals surface area (Å²) < 4.78 is 5.31. The summed E-state index contributed by atoms with van der Waals surface area (Å²) in [6.07, 6.45) is 3.48. The Morgan fingerprint density at radius 2 is 2.14 bits per heavy atom. The molecule has 0 aliphatic carbocycles. The van der Waals surface area contributed by atoms with Crippen LogP contribution in [0.2, 0.25) is 0 Å². The third-order valence-corrected chi connectivity index (χ3v) is 3.52. The van der Waals surface area contributed by atoms with Crippen LogP contribution in [0.4, 0.5) is 0 Å². The van der Waals surface area contributed by atoms with E-state index in [1.54, 1.807) is 7.11 Å². The standard InChI is InChI=1S/C16H21N3O3/c1-22-14-8-3-2-6-12(14)7-4-5-11-17-16(21)13-9-10-15(20)19-18-13/h2-3,6,8H,4-5,7,9-11H2,1H3,(H,17,21)(H,19,20). The van der Waals surface area contributed by atoms with Gasteiger partial charge in [0.05, 0.1) is 7.11 Å². The van der Waals surface area contributed by atoms with Crippen LogP contribution in [0.15, 0.2) is 29.4 Å². The quantitative estimate of drug-likeness (QED) is 0.747.